The van der Waals surface area contributed by atoms with E-state index in [4.69, 9.17) is 21.1 Å². The van der Waals surface area contributed by atoms with Gasteiger partial charge < -0.3 is 19.9 Å². The number of carboxylic acids is 1. The van der Waals surface area contributed by atoms with Crippen LogP contribution < -0.4 is 14.8 Å². The SMILES string of the molecule is COc1cc(C(=O)Nc2cc(Cl)cc(C)c2C(=O)O)ccc1OC(C)=O. The molecule has 2 N–H and O–H groups in total. The molecule has 0 heterocycles. The maximum absolute atomic E-state index is 12.5. The fourth-order valence-corrected chi connectivity index (χ4v) is 2.64. The molecule has 0 unspecified atom stereocenters. The van der Waals surface area contributed by atoms with E-state index >= 15 is 0 Å². The zero-order chi connectivity index (χ0) is 19.4. The van der Waals surface area contributed by atoms with E-state index in [1.807, 2.05) is 0 Å². The fourth-order valence-electron chi connectivity index (χ4n) is 2.37. The minimum Gasteiger partial charge on any atom is -0.493 e. The molecule has 0 bridgehead atoms. The first kappa shape index (κ1) is 19.3. The van der Waals surface area contributed by atoms with E-state index in [-0.39, 0.29) is 28.3 Å². The molecule has 26 heavy (non-hydrogen) atoms. The number of amides is 1. The van der Waals surface area contributed by atoms with Gasteiger partial charge >= 0.3 is 11.9 Å². The molecular formula is C18H16ClNO6. The predicted molar refractivity (Wildman–Crippen MR) is 95.4 cm³/mol. The van der Waals surface area contributed by atoms with Crippen molar-refractivity contribution < 1.29 is 29.0 Å². The van der Waals surface area contributed by atoms with E-state index in [9.17, 15) is 19.5 Å². The average molecular weight is 378 g/mol. The van der Waals surface area contributed by atoms with E-state index in [2.05, 4.69) is 5.32 Å². The number of esters is 1. The minimum atomic E-state index is -1.18. The third-order valence-corrected chi connectivity index (χ3v) is 3.66. The molecule has 2 aromatic carbocycles. The van der Waals surface area contributed by atoms with Gasteiger partial charge in [-0.15, -0.1) is 0 Å². The second-order valence-corrected chi connectivity index (χ2v) is 5.80. The molecule has 8 heteroatoms. The van der Waals surface area contributed by atoms with Gasteiger partial charge in [0, 0.05) is 17.5 Å². The summed E-state index contributed by atoms with van der Waals surface area (Å²) in [4.78, 5) is 35.0. The number of hydrogen-bond donors (Lipinski definition) is 2. The van der Waals surface area contributed by atoms with Crippen LogP contribution in [0.25, 0.3) is 0 Å². The summed E-state index contributed by atoms with van der Waals surface area (Å²) in [5, 5.41) is 12.2. The summed E-state index contributed by atoms with van der Waals surface area (Å²) in [6.07, 6.45) is 0. The van der Waals surface area contributed by atoms with Crippen molar-refractivity contribution in [1.29, 1.82) is 0 Å². The van der Waals surface area contributed by atoms with Crippen LogP contribution in [0.2, 0.25) is 5.02 Å². The predicted octanol–water partition coefficient (Wildman–Crippen LogP) is 3.53. The van der Waals surface area contributed by atoms with Crippen molar-refractivity contribution >= 4 is 35.1 Å². The molecule has 0 aliphatic rings. The van der Waals surface area contributed by atoms with Gasteiger partial charge in [0.2, 0.25) is 0 Å². The number of ether oxygens (including phenoxy) is 2. The second kappa shape index (κ2) is 7.88. The van der Waals surface area contributed by atoms with Crippen molar-refractivity contribution in [3.8, 4) is 11.5 Å². The molecule has 0 fully saturated rings. The largest absolute Gasteiger partial charge is 0.493 e. The number of aromatic carboxylic acids is 1. The van der Waals surface area contributed by atoms with Crippen LogP contribution in [0, 0.1) is 6.92 Å². The Bertz CT molecular complexity index is 893. The summed E-state index contributed by atoms with van der Waals surface area (Å²) in [6, 6.07) is 7.08. The maximum atomic E-state index is 12.5. The lowest BCUT2D eigenvalue weighted by Crippen LogP contribution is -2.16. The van der Waals surface area contributed by atoms with Crippen LogP contribution in [-0.4, -0.2) is 30.1 Å². The summed E-state index contributed by atoms with van der Waals surface area (Å²) in [6.45, 7) is 2.83. The van der Waals surface area contributed by atoms with Gasteiger partial charge in [-0.25, -0.2) is 4.79 Å². The molecule has 1 amide bonds. The first-order valence-corrected chi connectivity index (χ1v) is 7.82. The Morgan fingerprint density at radius 2 is 1.81 bits per heavy atom. The van der Waals surface area contributed by atoms with Gasteiger partial charge in [0.25, 0.3) is 5.91 Å². The third-order valence-electron chi connectivity index (χ3n) is 3.44. The highest BCUT2D eigenvalue weighted by Crippen LogP contribution is 2.30. The van der Waals surface area contributed by atoms with E-state index in [1.165, 1.54) is 44.4 Å². The summed E-state index contributed by atoms with van der Waals surface area (Å²) in [5.74, 6) is -1.92. The quantitative estimate of drug-likeness (QED) is 0.610. The van der Waals surface area contributed by atoms with Crippen LogP contribution in [0.15, 0.2) is 30.3 Å². The Kier molecular flexibility index (Phi) is 5.84. The number of aryl methyl sites for hydroxylation is 1. The van der Waals surface area contributed by atoms with Gasteiger partial charge in [-0.1, -0.05) is 11.6 Å². The molecular weight excluding hydrogens is 362 g/mol. The minimum absolute atomic E-state index is 0.0498. The molecule has 0 aromatic heterocycles. The summed E-state index contributed by atoms with van der Waals surface area (Å²) in [5.41, 5.74) is 0.636. The maximum Gasteiger partial charge on any atom is 0.338 e. The first-order chi connectivity index (χ1) is 12.2. The van der Waals surface area contributed by atoms with Gasteiger partial charge in [-0.2, -0.15) is 0 Å². The van der Waals surface area contributed by atoms with Crippen LogP contribution in [-0.2, 0) is 4.79 Å². The van der Waals surface area contributed by atoms with E-state index < -0.39 is 17.8 Å². The molecule has 0 saturated carbocycles. The van der Waals surface area contributed by atoms with E-state index in [1.54, 1.807) is 6.92 Å². The van der Waals surface area contributed by atoms with Crippen molar-refractivity contribution in [2.24, 2.45) is 0 Å². The number of carbonyl (C=O) groups is 3. The lowest BCUT2D eigenvalue weighted by atomic mass is 10.1. The number of methoxy groups -OCH3 is 1. The van der Waals surface area contributed by atoms with Gasteiger partial charge in [0.15, 0.2) is 11.5 Å². The van der Waals surface area contributed by atoms with Crippen LogP contribution in [0.1, 0.15) is 33.2 Å². The summed E-state index contributed by atoms with van der Waals surface area (Å²) in [7, 11) is 1.37. The highest BCUT2D eigenvalue weighted by atomic mass is 35.5. The second-order valence-electron chi connectivity index (χ2n) is 5.36. The Morgan fingerprint density at radius 1 is 1.12 bits per heavy atom. The monoisotopic (exact) mass is 377 g/mol. The van der Waals surface area contributed by atoms with Crippen LogP contribution >= 0.6 is 11.6 Å². The van der Waals surface area contributed by atoms with Crippen molar-refractivity contribution in [2.75, 3.05) is 12.4 Å². The van der Waals surface area contributed by atoms with Crippen LogP contribution in [0.4, 0.5) is 5.69 Å². The Balaban J connectivity index is 2.36. The normalized spacial score (nSPS) is 10.2. The lowest BCUT2D eigenvalue weighted by molar-refractivity contribution is -0.132. The Morgan fingerprint density at radius 3 is 2.38 bits per heavy atom. The Hall–Kier alpha value is -3.06. The van der Waals surface area contributed by atoms with E-state index in [0.29, 0.717) is 10.6 Å². The molecule has 0 spiro atoms. The van der Waals surface area contributed by atoms with Gasteiger partial charge in [0.1, 0.15) is 0 Å². The Labute approximate surface area is 154 Å². The molecule has 0 aliphatic heterocycles. The number of carbonyl (C=O) groups excluding carboxylic acids is 2. The van der Waals surface area contributed by atoms with Crippen LogP contribution in [0.3, 0.4) is 0 Å². The third kappa shape index (κ3) is 4.31. The molecule has 2 rings (SSSR count). The summed E-state index contributed by atoms with van der Waals surface area (Å²) >= 11 is 5.96. The number of rotatable bonds is 5. The fraction of sp³-hybridized carbons (Fsp3) is 0.167. The first-order valence-electron chi connectivity index (χ1n) is 7.44. The average Bonchev–Trinajstić information content (AvgIpc) is 2.53. The zero-order valence-electron chi connectivity index (χ0n) is 14.3. The lowest BCUT2D eigenvalue weighted by Gasteiger charge is -2.13. The number of nitrogens with one attached hydrogen (secondary N) is 1. The molecule has 2 aromatic rings. The van der Waals surface area contributed by atoms with Crippen LogP contribution in [0.5, 0.6) is 11.5 Å². The molecule has 0 atom stereocenters. The standard InChI is InChI=1S/C18H16ClNO6/c1-9-6-12(19)8-13(16(9)18(23)24)20-17(22)11-4-5-14(26-10(2)21)15(7-11)25-3/h4-8H,1-3H3,(H,20,22)(H,23,24). The topological polar surface area (TPSA) is 102 Å². The molecule has 136 valence electrons. The van der Waals surface area contributed by atoms with Crippen molar-refractivity contribution in [1.82, 2.24) is 0 Å². The van der Waals surface area contributed by atoms with Gasteiger partial charge in [-0.3, -0.25) is 9.59 Å². The van der Waals surface area contributed by atoms with E-state index in [0.717, 1.165) is 0 Å². The number of benzene rings is 2. The van der Waals surface area contributed by atoms with Gasteiger partial charge in [0.05, 0.1) is 18.4 Å². The highest BCUT2D eigenvalue weighted by molar-refractivity contribution is 6.31. The number of carboxylic acid groups (broad SMARTS) is 1. The smallest absolute Gasteiger partial charge is 0.338 e. The molecule has 0 saturated heterocycles. The van der Waals surface area contributed by atoms with Crippen molar-refractivity contribution in [3.63, 3.8) is 0 Å². The summed E-state index contributed by atoms with van der Waals surface area (Å²) < 4.78 is 10.1. The number of hydrogen-bond acceptors (Lipinski definition) is 5. The van der Waals surface area contributed by atoms with Crippen molar-refractivity contribution in [2.45, 2.75) is 13.8 Å². The molecule has 0 aliphatic carbocycles. The molecule has 7 nitrogen and oxygen atoms in total. The number of halogens is 1. The van der Waals surface area contributed by atoms with Gasteiger partial charge in [-0.05, 0) is 42.8 Å². The van der Waals surface area contributed by atoms with Crippen molar-refractivity contribution in [3.05, 3.63) is 52.0 Å². The zero-order valence-corrected chi connectivity index (χ0v) is 15.0. The highest BCUT2D eigenvalue weighted by Gasteiger charge is 2.18. The number of anilines is 1. The molecule has 0 radical (unpaired) electrons.